The van der Waals surface area contributed by atoms with Gasteiger partial charge < -0.3 is 10.6 Å². The average molecular weight is 270 g/mol. The molecule has 0 aromatic heterocycles. The van der Waals surface area contributed by atoms with Gasteiger partial charge in [0.05, 0.1) is 0 Å². The highest BCUT2D eigenvalue weighted by Crippen LogP contribution is 2.26. The molecule has 0 aromatic carbocycles. The van der Waals surface area contributed by atoms with Gasteiger partial charge in [-0.3, -0.25) is 4.79 Å². The molecule has 2 N–H and O–H groups in total. The van der Waals surface area contributed by atoms with Crippen LogP contribution in [0.15, 0.2) is 0 Å². The maximum Gasteiger partial charge on any atom is 0.222 e. The van der Waals surface area contributed by atoms with Crippen molar-refractivity contribution in [2.24, 2.45) is 23.0 Å². The first kappa shape index (κ1) is 18.4. The Balaban J connectivity index is 4.39. The fourth-order valence-corrected chi connectivity index (χ4v) is 2.28. The first-order chi connectivity index (χ1) is 8.68. The zero-order valence-electron chi connectivity index (χ0n) is 13.8. The smallest absolute Gasteiger partial charge is 0.222 e. The summed E-state index contributed by atoms with van der Waals surface area (Å²) in [6, 6.07) is 0. The summed E-state index contributed by atoms with van der Waals surface area (Å²) in [6.07, 6.45) is 2.55. The van der Waals surface area contributed by atoms with Crippen LogP contribution in [0, 0.1) is 17.3 Å². The lowest BCUT2D eigenvalue weighted by atomic mass is 9.84. The van der Waals surface area contributed by atoms with Gasteiger partial charge in [0, 0.05) is 19.5 Å². The molecule has 114 valence electrons. The number of carbonyl (C=O) groups excluding carboxylic acids is 1. The fraction of sp³-hybridized carbons (Fsp3) is 0.938. The molecule has 0 heterocycles. The molecule has 0 unspecified atom stereocenters. The Kier molecular flexibility index (Phi) is 8.31. The van der Waals surface area contributed by atoms with E-state index in [1.807, 2.05) is 4.90 Å². The molecule has 0 aromatic rings. The molecule has 0 saturated carbocycles. The third-order valence-electron chi connectivity index (χ3n) is 3.36. The van der Waals surface area contributed by atoms with Crippen molar-refractivity contribution in [3.8, 4) is 0 Å². The van der Waals surface area contributed by atoms with E-state index in [2.05, 4.69) is 41.5 Å². The van der Waals surface area contributed by atoms with E-state index in [0.717, 1.165) is 25.9 Å². The Bertz CT molecular complexity index is 249. The van der Waals surface area contributed by atoms with Gasteiger partial charge >= 0.3 is 0 Å². The van der Waals surface area contributed by atoms with Crippen LogP contribution in [0.25, 0.3) is 0 Å². The number of nitrogens with two attached hydrogens (primary N) is 1. The summed E-state index contributed by atoms with van der Waals surface area (Å²) in [5.74, 6) is 1.35. The summed E-state index contributed by atoms with van der Waals surface area (Å²) in [5.41, 5.74) is 5.79. The first-order valence-corrected chi connectivity index (χ1v) is 7.65. The summed E-state index contributed by atoms with van der Waals surface area (Å²) < 4.78 is 0. The highest BCUT2D eigenvalue weighted by molar-refractivity contribution is 5.76. The van der Waals surface area contributed by atoms with Gasteiger partial charge in [-0.25, -0.2) is 0 Å². The minimum absolute atomic E-state index is 0.172. The molecule has 0 aliphatic heterocycles. The molecular weight excluding hydrogens is 236 g/mol. The molecule has 0 aliphatic rings. The second-order valence-corrected chi connectivity index (χ2v) is 7.29. The maximum atomic E-state index is 12.4. The van der Waals surface area contributed by atoms with Gasteiger partial charge in [0.25, 0.3) is 0 Å². The van der Waals surface area contributed by atoms with Crippen LogP contribution in [-0.2, 0) is 4.79 Å². The number of hydrogen-bond donors (Lipinski definition) is 1. The minimum atomic E-state index is 0.172. The fourth-order valence-electron chi connectivity index (χ4n) is 2.28. The summed E-state index contributed by atoms with van der Waals surface area (Å²) in [5, 5.41) is 0. The van der Waals surface area contributed by atoms with E-state index in [-0.39, 0.29) is 5.41 Å². The van der Waals surface area contributed by atoms with Crippen LogP contribution in [0.2, 0.25) is 0 Å². The highest BCUT2D eigenvalue weighted by atomic mass is 16.2. The van der Waals surface area contributed by atoms with Gasteiger partial charge in [-0.1, -0.05) is 41.5 Å². The molecule has 0 rings (SSSR count). The van der Waals surface area contributed by atoms with Gasteiger partial charge in [-0.05, 0) is 36.6 Å². The number of rotatable bonds is 9. The van der Waals surface area contributed by atoms with Crippen LogP contribution in [0.5, 0.6) is 0 Å². The topological polar surface area (TPSA) is 46.3 Å². The predicted octanol–water partition coefficient (Wildman–Crippen LogP) is 3.28. The van der Waals surface area contributed by atoms with Crippen LogP contribution in [-0.4, -0.2) is 30.4 Å². The molecule has 1 amide bonds. The minimum Gasteiger partial charge on any atom is -0.342 e. The van der Waals surface area contributed by atoms with E-state index in [1.54, 1.807) is 0 Å². The van der Waals surface area contributed by atoms with Gasteiger partial charge in [0.1, 0.15) is 0 Å². The normalized spacial score (nSPS) is 12.3. The van der Waals surface area contributed by atoms with E-state index in [1.165, 1.54) is 0 Å². The van der Waals surface area contributed by atoms with Crippen molar-refractivity contribution in [3.63, 3.8) is 0 Å². The summed E-state index contributed by atoms with van der Waals surface area (Å²) in [7, 11) is 0. The van der Waals surface area contributed by atoms with E-state index in [9.17, 15) is 4.79 Å². The summed E-state index contributed by atoms with van der Waals surface area (Å²) >= 11 is 0. The number of hydrogen-bond acceptors (Lipinski definition) is 2. The highest BCUT2D eigenvalue weighted by Gasteiger charge is 2.21. The van der Waals surface area contributed by atoms with Crippen LogP contribution >= 0.6 is 0 Å². The molecule has 0 fully saturated rings. The van der Waals surface area contributed by atoms with E-state index < -0.39 is 0 Å². The van der Waals surface area contributed by atoms with Gasteiger partial charge in [0.2, 0.25) is 5.91 Å². The Morgan fingerprint density at radius 2 is 1.53 bits per heavy atom. The number of nitrogens with zero attached hydrogens (tertiary/aromatic N) is 1. The lowest BCUT2D eigenvalue weighted by Crippen LogP contribution is -2.37. The molecule has 0 atom stereocenters. The van der Waals surface area contributed by atoms with Crippen molar-refractivity contribution in [1.29, 1.82) is 0 Å². The number of carbonyl (C=O) groups is 1. The average Bonchev–Trinajstić information content (AvgIpc) is 2.23. The molecule has 0 bridgehead atoms. The monoisotopic (exact) mass is 270 g/mol. The van der Waals surface area contributed by atoms with Crippen LogP contribution in [0.1, 0.15) is 60.8 Å². The molecular formula is C16H34N2O. The van der Waals surface area contributed by atoms with Crippen LogP contribution in [0.4, 0.5) is 0 Å². The van der Waals surface area contributed by atoms with Crippen molar-refractivity contribution in [3.05, 3.63) is 0 Å². The SMILES string of the molecule is CC(C)CN(CC(C)C)C(=O)CCC(C)(C)CCN. The third kappa shape index (κ3) is 9.04. The van der Waals surface area contributed by atoms with Crippen LogP contribution < -0.4 is 5.73 Å². The van der Waals surface area contributed by atoms with Gasteiger partial charge in [-0.15, -0.1) is 0 Å². The zero-order chi connectivity index (χ0) is 15.1. The third-order valence-corrected chi connectivity index (χ3v) is 3.36. The van der Waals surface area contributed by atoms with Gasteiger partial charge in [0.15, 0.2) is 0 Å². The molecule has 19 heavy (non-hydrogen) atoms. The largest absolute Gasteiger partial charge is 0.342 e. The van der Waals surface area contributed by atoms with Gasteiger partial charge in [-0.2, -0.15) is 0 Å². The second-order valence-electron chi connectivity index (χ2n) is 7.29. The van der Waals surface area contributed by atoms with E-state index >= 15 is 0 Å². The number of amides is 1. The van der Waals surface area contributed by atoms with Crippen molar-refractivity contribution >= 4 is 5.91 Å². The standard InChI is InChI=1S/C16H34N2O/c1-13(2)11-18(12-14(3)4)15(19)7-8-16(5,6)9-10-17/h13-14H,7-12,17H2,1-6H3. The Morgan fingerprint density at radius 3 is 1.89 bits per heavy atom. The van der Waals surface area contributed by atoms with Crippen LogP contribution in [0.3, 0.4) is 0 Å². The maximum absolute atomic E-state index is 12.4. The Hall–Kier alpha value is -0.570. The van der Waals surface area contributed by atoms with Crippen molar-refractivity contribution in [1.82, 2.24) is 4.90 Å². The first-order valence-electron chi connectivity index (χ1n) is 7.65. The quantitative estimate of drug-likeness (QED) is 0.699. The van der Waals surface area contributed by atoms with Crippen molar-refractivity contribution in [2.45, 2.75) is 60.8 Å². The van der Waals surface area contributed by atoms with Crippen molar-refractivity contribution < 1.29 is 4.79 Å². The summed E-state index contributed by atoms with van der Waals surface area (Å²) in [4.78, 5) is 14.4. The molecule has 3 nitrogen and oxygen atoms in total. The molecule has 0 radical (unpaired) electrons. The molecule has 0 aliphatic carbocycles. The van der Waals surface area contributed by atoms with Crippen molar-refractivity contribution in [2.75, 3.05) is 19.6 Å². The Labute approximate surface area is 119 Å². The Morgan fingerprint density at radius 1 is 1.05 bits per heavy atom. The van der Waals surface area contributed by atoms with E-state index in [0.29, 0.717) is 30.7 Å². The second kappa shape index (κ2) is 8.57. The van der Waals surface area contributed by atoms with E-state index in [4.69, 9.17) is 5.73 Å². The summed E-state index contributed by atoms with van der Waals surface area (Å²) in [6.45, 7) is 15.5. The molecule has 0 saturated heterocycles. The lowest BCUT2D eigenvalue weighted by molar-refractivity contribution is -0.132. The molecule has 3 heteroatoms. The predicted molar refractivity (Wildman–Crippen MR) is 82.9 cm³/mol. The lowest BCUT2D eigenvalue weighted by Gasteiger charge is -2.29. The zero-order valence-corrected chi connectivity index (χ0v) is 13.8. The molecule has 0 spiro atoms.